The molecule has 2 bridgehead atoms. The monoisotopic (exact) mass is 577 g/mol. The Kier molecular flexibility index (Phi) is 7.98. The number of fused-ring (bicyclic) bond motifs is 1. The van der Waals surface area contributed by atoms with E-state index in [0.29, 0.717) is 32.4 Å². The number of likely N-dealkylation sites (tertiary alicyclic amines) is 1. The van der Waals surface area contributed by atoms with Gasteiger partial charge in [0.2, 0.25) is 17.7 Å². The second-order valence-corrected chi connectivity index (χ2v) is 13.4. The second-order valence-electron chi connectivity index (χ2n) is 10.7. The number of nitrogens with zero attached hydrogens (tertiary/aromatic N) is 1. The van der Waals surface area contributed by atoms with Crippen LogP contribution >= 0.6 is 27.7 Å². The van der Waals surface area contributed by atoms with Gasteiger partial charge >= 0.3 is 0 Å². The number of unbranched alkanes of at least 4 members (excludes halogenated alkanes) is 1. The van der Waals surface area contributed by atoms with E-state index in [2.05, 4.69) is 26.6 Å². The van der Waals surface area contributed by atoms with Crippen molar-refractivity contribution in [3.05, 3.63) is 35.9 Å². The summed E-state index contributed by atoms with van der Waals surface area (Å²) in [5.74, 6) is -1.24. The number of carbonyl (C=O) groups is 3. The first-order chi connectivity index (χ1) is 17.5. The lowest BCUT2D eigenvalue weighted by Gasteiger charge is -2.36. The maximum absolute atomic E-state index is 13.9. The third-order valence-corrected chi connectivity index (χ3v) is 11.6. The van der Waals surface area contributed by atoms with Crippen molar-refractivity contribution in [2.45, 2.75) is 84.8 Å². The zero-order valence-electron chi connectivity index (χ0n) is 20.5. The van der Waals surface area contributed by atoms with Crippen molar-refractivity contribution in [2.75, 3.05) is 13.2 Å². The van der Waals surface area contributed by atoms with Crippen LogP contribution in [0.1, 0.15) is 56.9 Å². The third kappa shape index (κ3) is 4.71. The van der Waals surface area contributed by atoms with E-state index < -0.39 is 22.6 Å². The number of carbonyl (C=O) groups excluding carboxylic acids is 3. The molecule has 7 nitrogen and oxygen atoms in total. The molecule has 3 amide bonds. The van der Waals surface area contributed by atoms with E-state index in [9.17, 15) is 19.5 Å². The number of alkyl halides is 1. The molecule has 1 aliphatic carbocycles. The average molecular weight is 579 g/mol. The molecule has 4 fully saturated rings. The fraction of sp³-hybridized carbons (Fsp3) is 0.667. The lowest BCUT2D eigenvalue weighted by atomic mass is 9.70. The van der Waals surface area contributed by atoms with Crippen LogP contribution in [0.15, 0.2) is 30.3 Å². The molecule has 9 heteroatoms. The summed E-state index contributed by atoms with van der Waals surface area (Å²) in [6, 6.07) is 9.34. The second kappa shape index (κ2) is 11.0. The maximum atomic E-state index is 13.9. The Hall–Kier alpha value is -1.58. The van der Waals surface area contributed by atoms with Gasteiger partial charge in [-0.25, -0.2) is 0 Å². The molecule has 196 valence electrons. The number of nitrogens with one attached hydrogen (secondary N) is 2. The molecule has 3 aliphatic heterocycles. The first-order valence-corrected chi connectivity index (χ1v) is 15.1. The Morgan fingerprint density at radius 2 is 1.86 bits per heavy atom. The highest BCUT2D eigenvalue weighted by atomic mass is 79.9. The predicted molar refractivity (Wildman–Crippen MR) is 144 cm³/mol. The normalized spacial score (nSPS) is 33.6. The van der Waals surface area contributed by atoms with Crippen molar-refractivity contribution in [3.63, 3.8) is 0 Å². The van der Waals surface area contributed by atoms with Crippen LogP contribution in [0.5, 0.6) is 0 Å². The van der Waals surface area contributed by atoms with Gasteiger partial charge in [-0.15, -0.1) is 11.8 Å². The van der Waals surface area contributed by atoms with Crippen molar-refractivity contribution >= 4 is 45.4 Å². The Bertz CT molecular complexity index is 975. The first-order valence-electron chi connectivity index (χ1n) is 13.3. The predicted octanol–water partition coefficient (Wildman–Crippen LogP) is 2.99. The van der Waals surface area contributed by atoms with Crippen LogP contribution in [0, 0.1) is 11.8 Å². The van der Waals surface area contributed by atoms with Crippen molar-refractivity contribution < 1.29 is 19.5 Å². The van der Waals surface area contributed by atoms with Gasteiger partial charge in [-0.3, -0.25) is 14.4 Å². The topological polar surface area (TPSA) is 98.7 Å². The highest BCUT2D eigenvalue weighted by molar-refractivity contribution is 9.09. The molecule has 3 N–H and O–H groups in total. The van der Waals surface area contributed by atoms with E-state index in [1.165, 1.54) is 6.42 Å². The van der Waals surface area contributed by atoms with Crippen LogP contribution in [0.25, 0.3) is 0 Å². The van der Waals surface area contributed by atoms with E-state index in [4.69, 9.17) is 0 Å². The minimum Gasteiger partial charge on any atom is -0.396 e. The van der Waals surface area contributed by atoms with Gasteiger partial charge in [-0.1, -0.05) is 65.5 Å². The molecule has 0 aromatic heterocycles. The van der Waals surface area contributed by atoms with Gasteiger partial charge in [0.05, 0.1) is 16.6 Å². The summed E-state index contributed by atoms with van der Waals surface area (Å²) < 4.78 is -0.608. The van der Waals surface area contributed by atoms with Crippen LogP contribution < -0.4 is 10.6 Å². The first kappa shape index (κ1) is 26.0. The highest BCUT2D eigenvalue weighted by Crippen LogP contribution is 2.67. The van der Waals surface area contributed by atoms with Crippen LogP contribution in [0.3, 0.4) is 0 Å². The zero-order valence-corrected chi connectivity index (χ0v) is 22.9. The van der Waals surface area contributed by atoms with Crippen LogP contribution in [-0.4, -0.2) is 67.8 Å². The number of aliphatic hydroxyl groups is 1. The van der Waals surface area contributed by atoms with Gasteiger partial charge in [-0.05, 0) is 37.7 Å². The number of thioether (sulfide) groups is 1. The van der Waals surface area contributed by atoms with Crippen molar-refractivity contribution in [2.24, 2.45) is 11.8 Å². The van der Waals surface area contributed by atoms with Gasteiger partial charge in [0.1, 0.15) is 6.04 Å². The minimum absolute atomic E-state index is 0.0423. The number of hydrogen-bond acceptors (Lipinski definition) is 5. The van der Waals surface area contributed by atoms with Crippen molar-refractivity contribution in [1.29, 1.82) is 0 Å². The molecule has 0 radical (unpaired) electrons. The molecule has 3 heterocycles. The smallest absolute Gasteiger partial charge is 0.244 e. The summed E-state index contributed by atoms with van der Waals surface area (Å²) in [4.78, 5) is 43.1. The zero-order chi connectivity index (χ0) is 25.3. The Labute approximate surface area is 225 Å². The highest BCUT2D eigenvalue weighted by Gasteiger charge is 2.75. The molecule has 5 rings (SSSR count). The number of benzene rings is 1. The molecule has 4 aliphatic rings. The lowest BCUT2D eigenvalue weighted by Crippen LogP contribution is -2.56. The summed E-state index contributed by atoms with van der Waals surface area (Å²) in [6.07, 6.45) is 7.31. The standard InChI is InChI=1S/C27H36BrN3O4S/c28-19-15-27-21(20(22(19)36-27)24(33)29-16-17-9-3-1-4-10-17)26(35)31(13-7-8-14-32)23(27)25(34)30-18-11-5-2-6-12-18/h1,3-4,9-10,18-23,32H,2,5-8,11-16H2,(H,29,33)(H,30,34)/t19?,20-,21+,22-,23?,27?/m1/s1. The average Bonchev–Trinajstić information content (AvgIpc) is 3.47. The fourth-order valence-electron chi connectivity index (χ4n) is 6.79. The van der Waals surface area contributed by atoms with Gasteiger partial charge < -0.3 is 20.6 Å². The van der Waals surface area contributed by atoms with Crippen LogP contribution in [0.4, 0.5) is 0 Å². The minimum atomic E-state index is -0.608. The molecule has 6 atom stereocenters. The van der Waals surface area contributed by atoms with E-state index in [-0.39, 0.29) is 40.4 Å². The van der Waals surface area contributed by atoms with E-state index in [1.54, 1.807) is 16.7 Å². The molecule has 3 saturated heterocycles. The molecule has 36 heavy (non-hydrogen) atoms. The van der Waals surface area contributed by atoms with E-state index >= 15 is 0 Å². The van der Waals surface area contributed by atoms with E-state index in [1.807, 2.05) is 30.3 Å². The third-order valence-electron chi connectivity index (χ3n) is 8.41. The number of aliphatic hydroxyl groups excluding tert-OH is 1. The Balaban J connectivity index is 1.40. The summed E-state index contributed by atoms with van der Waals surface area (Å²) >= 11 is 5.50. The molecule has 3 unspecified atom stereocenters. The molecule has 1 aromatic carbocycles. The molecule has 1 aromatic rings. The van der Waals surface area contributed by atoms with E-state index in [0.717, 1.165) is 31.2 Å². The number of amides is 3. The van der Waals surface area contributed by atoms with Gasteiger partial charge in [0, 0.05) is 35.8 Å². The van der Waals surface area contributed by atoms with Gasteiger partial charge in [0.15, 0.2) is 0 Å². The van der Waals surface area contributed by atoms with Gasteiger partial charge in [0.25, 0.3) is 0 Å². The van der Waals surface area contributed by atoms with Crippen LogP contribution in [-0.2, 0) is 20.9 Å². The van der Waals surface area contributed by atoms with Crippen molar-refractivity contribution in [3.8, 4) is 0 Å². The summed E-state index contributed by atoms with van der Waals surface area (Å²) in [7, 11) is 0. The SMILES string of the molecule is O=C(NC1CCCCC1)C1N(CCCCO)C(=O)[C@@H]2[C@@H](C(=O)NCc3ccccc3)[C@@H]3SC12CC3Br. The molecule has 1 saturated carbocycles. The summed E-state index contributed by atoms with van der Waals surface area (Å²) in [6.45, 7) is 0.900. The summed E-state index contributed by atoms with van der Waals surface area (Å²) in [5.41, 5.74) is 1.01. The Morgan fingerprint density at radius 1 is 1.11 bits per heavy atom. The largest absolute Gasteiger partial charge is 0.396 e. The van der Waals surface area contributed by atoms with Crippen LogP contribution in [0.2, 0.25) is 0 Å². The number of hydrogen-bond donors (Lipinski definition) is 3. The molecular formula is C27H36BrN3O4S. The summed E-state index contributed by atoms with van der Waals surface area (Å²) in [5, 5.41) is 15.6. The number of rotatable bonds is 9. The lowest BCUT2D eigenvalue weighted by molar-refractivity contribution is -0.140. The van der Waals surface area contributed by atoms with Gasteiger partial charge in [-0.2, -0.15) is 0 Å². The Morgan fingerprint density at radius 3 is 2.58 bits per heavy atom. The van der Waals surface area contributed by atoms with Crippen molar-refractivity contribution in [1.82, 2.24) is 15.5 Å². The molecular weight excluding hydrogens is 542 g/mol. The fourth-order valence-corrected chi connectivity index (χ4v) is 10.4. The maximum Gasteiger partial charge on any atom is 0.244 e. The molecule has 1 spiro atoms. The quantitative estimate of drug-likeness (QED) is 0.309. The number of halogens is 1.